The minimum Gasteiger partial charge on any atom is -0.324 e. The maximum absolute atomic E-state index is 5.69. The Labute approximate surface area is 84.2 Å². The van der Waals surface area contributed by atoms with Crippen LogP contribution in [0.1, 0.15) is 5.56 Å². The molecule has 0 heterocycles. The van der Waals surface area contributed by atoms with Crippen molar-refractivity contribution in [2.75, 3.05) is 5.43 Å². The van der Waals surface area contributed by atoms with Gasteiger partial charge in [0.2, 0.25) is 0 Å². The minimum atomic E-state index is 0.522. The highest BCUT2D eigenvalue weighted by Crippen LogP contribution is 2.18. The molecule has 4 heteroatoms. The predicted octanol–water partition coefficient (Wildman–Crippen LogP) is 2.32. The summed E-state index contributed by atoms with van der Waals surface area (Å²) in [5.41, 5.74) is 4.56. The summed E-state index contributed by atoms with van der Waals surface area (Å²) in [6, 6.07) is 5.83. The van der Waals surface area contributed by atoms with Crippen LogP contribution < -0.4 is 11.3 Å². The summed E-state index contributed by atoms with van der Waals surface area (Å²) in [5, 5.41) is 0. The molecule has 0 radical (unpaired) electrons. The van der Waals surface area contributed by atoms with Gasteiger partial charge in [-0.1, -0.05) is 0 Å². The first kappa shape index (κ1) is 9.09. The quantitative estimate of drug-likeness (QED) is 0.378. The predicted molar refractivity (Wildman–Crippen MR) is 56.5 cm³/mol. The van der Waals surface area contributed by atoms with Crippen molar-refractivity contribution >= 4 is 39.9 Å². The van der Waals surface area contributed by atoms with Gasteiger partial charge in [-0.2, -0.15) is 0 Å². The molecule has 0 fully saturated rings. The van der Waals surface area contributed by atoms with Gasteiger partial charge in [-0.3, -0.25) is 5.84 Å². The summed E-state index contributed by atoms with van der Waals surface area (Å²) in [6.45, 7) is 0. The van der Waals surface area contributed by atoms with Gasteiger partial charge < -0.3 is 5.43 Å². The number of alkyl halides is 1. The third kappa shape index (κ3) is 2.21. The third-order valence-electron chi connectivity index (χ3n) is 1.36. The van der Waals surface area contributed by atoms with Crippen LogP contribution >= 0.6 is 34.2 Å². The number of hydrogen-bond acceptors (Lipinski definition) is 2. The van der Waals surface area contributed by atoms with Gasteiger partial charge in [-0.15, -0.1) is 11.6 Å². The minimum absolute atomic E-state index is 0.522. The second-order valence-corrected chi connectivity index (χ2v) is 3.51. The SMILES string of the molecule is NNc1ccc(I)c(CCl)c1. The van der Waals surface area contributed by atoms with Crippen LogP contribution in [0.5, 0.6) is 0 Å². The molecule has 0 bridgehead atoms. The lowest BCUT2D eigenvalue weighted by Crippen LogP contribution is -2.06. The van der Waals surface area contributed by atoms with Crippen LogP contribution in [-0.2, 0) is 5.88 Å². The second kappa shape index (κ2) is 4.13. The average molecular weight is 283 g/mol. The number of benzene rings is 1. The van der Waals surface area contributed by atoms with Crippen molar-refractivity contribution < 1.29 is 0 Å². The van der Waals surface area contributed by atoms with Crippen molar-refractivity contribution in [1.82, 2.24) is 0 Å². The maximum atomic E-state index is 5.69. The van der Waals surface area contributed by atoms with Crippen molar-refractivity contribution in [1.29, 1.82) is 0 Å². The lowest BCUT2D eigenvalue weighted by molar-refractivity contribution is 1.30. The van der Waals surface area contributed by atoms with Gasteiger partial charge in [0.05, 0.1) is 0 Å². The highest BCUT2D eigenvalue weighted by Gasteiger charge is 1.98. The van der Waals surface area contributed by atoms with Crippen LogP contribution in [0.15, 0.2) is 18.2 Å². The van der Waals surface area contributed by atoms with Crippen LogP contribution in [0.25, 0.3) is 0 Å². The number of hydrogen-bond donors (Lipinski definition) is 2. The van der Waals surface area contributed by atoms with E-state index in [1.54, 1.807) is 0 Å². The Morgan fingerprint density at radius 1 is 1.55 bits per heavy atom. The number of rotatable bonds is 2. The Morgan fingerprint density at radius 2 is 2.27 bits per heavy atom. The zero-order valence-electron chi connectivity index (χ0n) is 5.77. The maximum Gasteiger partial charge on any atom is 0.0488 e. The largest absolute Gasteiger partial charge is 0.324 e. The van der Waals surface area contributed by atoms with E-state index < -0.39 is 0 Å². The number of hydrazine groups is 1. The van der Waals surface area contributed by atoms with Gasteiger partial charge in [-0.25, -0.2) is 0 Å². The molecule has 3 N–H and O–H groups in total. The molecule has 0 aromatic heterocycles. The fourth-order valence-electron chi connectivity index (χ4n) is 0.767. The second-order valence-electron chi connectivity index (χ2n) is 2.08. The van der Waals surface area contributed by atoms with Crippen LogP contribution in [-0.4, -0.2) is 0 Å². The molecule has 1 aromatic rings. The lowest BCUT2D eigenvalue weighted by atomic mass is 10.2. The number of anilines is 1. The van der Waals surface area contributed by atoms with E-state index in [1.165, 1.54) is 0 Å². The topological polar surface area (TPSA) is 38.0 Å². The summed E-state index contributed by atoms with van der Waals surface area (Å²) < 4.78 is 1.16. The number of nitrogens with two attached hydrogens (primary N) is 1. The Kier molecular flexibility index (Phi) is 3.42. The van der Waals surface area contributed by atoms with Gasteiger partial charge >= 0.3 is 0 Å². The normalized spacial score (nSPS) is 9.73. The van der Waals surface area contributed by atoms with Crippen molar-refractivity contribution in [2.45, 2.75) is 5.88 Å². The summed E-state index contributed by atoms with van der Waals surface area (Å²) in [6.07, 6.45) is 0. The molecule has 0 saturated heterocycles. The molecule has 0 atom stereocenters. The average Bonchev–Trinajstić information content (AvgIpc) is 2.05. The molecule has 11 heavy (non-hydrogen) atoms. The van der Waals surface area contributed by atoms with E-state index in [9.17, 15) is 0 Å². The zero-order valence-corrected chi connectivity index (χ0v) is 8.69. The van der Waals surface area contributed by atoms with Crippen molar-refractivity contribution in [2.24, 2.45) is 5.84 Å². The monoisotopic (exact) mass is 282 g/mol. The van der Waals surface area contributed by atoms with E-state index in [0.29, 0.717) is 5.88 Å². The molecule has 0 aliphatic carbocycles. The summed E-state index contributed by atoms with van der Waals surface area (Å²) >= 11 is 7.93. The highest BCUT2D eigenvalue weighted by atomic mass is 127. The first-order valence-electron chi connectivity index (χ1n) is 3.09. The fraction of sp³-hybridized carbons (Fsp3) is 0.143. The molecule has 0 amide bonds. The van der Waals surface area contributed by atoms with Gasteiger partial charge in [0.15, 0.2) is 0 Å². The Bertz CT molecular complexity index is 252. The van der Waals surface area contributed by atoms with Crippen LogP contribution in [0.3, 0.4) is 0 Å². The number of halogens is 2. The smallest absolute Gasteiger partial charge is 0.0488 e. The molecule has 1 rings (SSSR count). The summed E-state index contributed by atoms with van der Waals surface area (Å²) in [7, 11) is 0. The third-order valence-corrected chi connectivity index (χ3v) is 2.70. The Balaban J connectivity index is 3.02. The highest BCUT2D eigenvalue weighted by molar-refractivity contribution is 14.1. The van der Waals surface area contributed by atoms with Crippen molar-refractivity contribution in [3.63, 3.8) is 0 Å². The van der Waals surface area contributed by atoms with E-state index in [-0.39, 0.29) is 0 Å². The Hall–Kier alpha value is -0.0000000000000000555. The van der Waals surface area contributed by atoms with Gasteiger partial charge in [-0.05, 0) is 46.4 Å². The van der Waals surface area contributed by atoms with Gasteiger partial charge in [0, 0.05) is 15.1 Å². The van der Waals surface area contributed by atoms with E-state index in [0.717, 1.165) is 14.8 Å². The summed E-state index contributed by atoms with van der Waals surface area (Å²) in [5.74, 6) is 5.75. The molecule has 1 aromatic carbocycles. The first-order chi connectivity index (χ1) is 5.27. The van der Waals surface area contributed by atoms with Gasteiger partial charge in [0.1, 0.15) is 0 Å². The van der Waals surface area contributed by atoms with E-state index in [1.807, 2.05) is 18.2 Å². The molecular weight excluding hydrogens is 274 g/mol. The van der Waals surface area contributed by atoms with E-state index in [2.05, 4.69) is 28.0 Å². The molecule has 0 saturated carbocycles. The molecule has 2 nitrogen and oxygen atoms in total. The molecule has 0 unspecified atom stereocenters. The molecule has 60 valence electrons. The lowest BCUT2D eigenvalue weighted by Gasteiger charge is -2.03. The van der Waals surface area contributed by atoms with Crippen molar-refractivity contribution in [3.05, 3.63) is 27.3 Å². The molecule has 0 aliphatic heterocycles. The fourth-order valence-corrected chi connectivity index (χ4v) is 1.74. The molecular formula is C7H8ClIN2. The van der Waals surface area contributed by atoms with E-state index in [4.69, 9.17) is 17.4 Å². The van der Waals surface area contributed by atoms with Gasteiger partial charge in [0.25, 0.3) is 0 Å². The number of nitrogen functional groups attached to an aromatic ring is 1. The molecule has 0 aliphatic rings. The number of nitrogens with one attached hydrogen (secondary N) is 1. The standard InChI is InChI=1S/C7H8ClIN2/c8-4-5-3-6(11-10)1-2-7(5)9/h1-3,11H,4,10H2. The Morgan fingerprint density at radius 3 is 2.82 bits per heavy atom. The van der Waals surface area contributed by atoms with Crippen LogP contribution in [0, 0.1) is 3.57 Å². The van der Waals surface area contributed by atoms with Crippen molar-refractivity contribution in [3.8, 4) is 0 Å². The van der Waals surface area contributed by atoms with E-state index >= 15 is 0 Å². The summed E-state index contributed by atoms with van der Waals surface area (Å²) in [4.78, 5) is 0. The van der Waals surface area contributed by atoms with Crippen LogP contribution in [0.4, 0.5) is 5.69 Å². The van der Waals surface area contributed by atoms with Crippen LogP contribution in [0.2, 0.25) is 0 Å². The first-order valence-corrected chi connectivity index (χ1v) is 4.70. The zero-order chi connectivity index (χ0) is 8.27. The molecule has 0 spiro atoms.